The fourth-order valence-electron chi connectivity index (χ4n) is 3.35. The third kappa shape index (κ3) is 5.61. The van der Waals surface area contributed by atoms with Gasteiger partial charge in [0.2, 0.25) is 0 Å². The minimum Gasteiger partial charge on any atom is -0.493 e. The van der Waals surface area contributed by atoms with Gasteiger partial charge in [0, 0.05) is 38.3 Å². The van der Waals surface area contributed by atoms with E-state index in [4.69, 9.17) is 9.47 Å². The zero-order valence-electron chi connectivity index (χ0n) is 16.9. The van der Waals surface area contributed by atoms with Crippen LogP contribution in [0.1, 0.15) is 22.8 Å². The Morgan fingerprint density at radius 2 is 1.86 bits per heavy atom. The van der Waals surface area contributed by atoms with Crippen molar-refractivity contribution in [3.8, 4) is 11.5 Å². The molecule has 6 heteroatoms. The number of amides is 1. The number of hydrogen-bond donors (Lipinski definition) is 0. The van der Waals surface area contributed by atoms with Crippen LogP contribution in [-0.4, -0.2) is 62.1 Å². The number of halogens is 1. The van der Waals surface area contributed by atoms with Crippen LogP contribution >= 0.6 is 15.9 Å². The minimum absolute atomic E-state index is 0.0199. The molecule has 0 N–H and O–H groups in total. The van der Waals surface area contributed by atoms with Gasteiger partial charge in [-0.2, -0.15) is 0 Å². The highest BCUT2D eigenvalue weighted by molar-refractivity contribution is 9.10. The molecule has 0 saturated carbocycles. The van der Waals surface area contributed by atoms with Crippen LogP contribution < -0.4 is 9.47 Å². The highest BCUT2D eigenvalue weighted by atomic mass is 79.9. The molecule has 1 aliphatic rings. The summed E-state index contributed by atoms with van der Waals surface area (Å²) in [5.74, 6) is 1.21. The number of piperazine rings is 1. The molecule has 0 bridgehead atoms. The fraction of sp³-hybridized carbons (Fsp3) is 0.348. The summed E-state index contributed by atoms with van der Waals surface area (Å²) < 4.78 is 11.8. The number of carbonyl (C=O) groups is 1. The third-order valence-electron chi connectivity index (χ3n) is 4.90. The molecule has 154 valence electrons. The lowest BCUT2D eigenvalue weighted by Gasteiger charge is -2.34. The molecule has 1 amide bonds. The van der Waals surface area contributed by atoms with E-state index in [1.165, 1.54) is 5.56 Å². The molecule has 0 radical (unpaired) electrons. The summed E-state index contributed by atoms with van der Waals surface area (Å²) in [6, 6.07) is 13.9. The molecule has 0 unspecified atom stereocenters. The molecule has 2 aromatic carbocycles. The zero-order valence-corrected chi connectivity index (χ0v) is 18.5. The maximum atomic E-state index is 13.0. The summed E-state index contributed by atoms with van der Waals surface area (Å²) in [5, 5.41) is 0. The standard InChI is InChI=1S/C23H27BrN2O3/c1-3-29-22-20(24)16-19(17-21(22)28-2)23(27)26-14-12-25(13-15-26)11-7-10-18-8-5-4-6-9-18/h4-10,16-17H,3,11-15H2,1-2H3. The first kappa shape index (κ1) is 21.4. The van der Waals surface area contributed by atoms with Gasteiger partial charge in [0.25, 0.3) is 5.91 Å². The van der Waals surface area contributed by atoms with E-state index in [9.17, 15) is 4.79 Å². The number of benzene rings is 2. The second-order valence-electron chi connectivity index (χ2n) is 6.83. The summed E-state index contributed by atoms with van der Waals surface area (Å²) in [5.41, 5.74) is 1.81. The molecule has 0 aliphatic carbocycles. The van der Waals surface area contributed by atoms with E-state index in [1.807, 2.05) is 36.1 Å². The van der Waals surface area contributed by atoms with Crippen molar-refractivity contribution in [1.82, 2.24) is 9.80 Å². The lowest BCUT2D eigenvalue weighted by molar-refractivity contribution is 0.0650. The average molecular weight is 459 g/mol. The molecule has 0 aromatic heterocycles. The van der Waals surface area contributed by atoms with Crippen molar-refractivity contribution in [2.45, 2.75) is 6.92 Å². The average Bonchev–Trinajstić information content (AvgIpc) is 2.76. The first-order valence-corrected chi connectivity index (χ1v) is 10.6. The van der Waals surface area contributed by atoms with E-state index in [1.54, 1.807) is 13.2 Å². The van der Waals surface area contributed by atoms with Crippen LogP contribution in [0.2, 0.25) is 0 Å². The lowest BCUT2D eigenvalue weighted by Crippen LogP contribution is -2.48. The van der Waals surface area contributed by atoms with Crippen LogP contribution in [-0.2, 0) is 0 Å². The maximum absolute atomic E-state index is 13.0. The summed E-state index contributed by atoms with van der Waals surface area (Å²) in [6.45, 7) is 6.48. The third-order valence-corrected chi connectivity index (χ3v) is 5.49. The molecule has 2 aromatic rings. The molecule has 1 fully saturated rings. The van der Waals surface area contributed by atoms with Gasteiger partial charge < -0.3 is 14.4 Å². The van der Waals surface area contributed by atoms with Crippen molar-refractivity contribution in [1.29, 1.82) is 0 Å². The van der Waals surface area contributed by atoms with Crippen molar-refractivity contribution in [2.75, 3.05) is 46.4 Å². The number of ether oxygens (including phenoxy) is 2. The van der Waals surface area contributed by atoms with Crippen molar-refractivity contribution >= 4 is 27.9 Å². The summed E-state index contributed by atoms with van der Waals surface area (Å²) >= 11 is 3.50. The topological polar surface area (TPSA) is 42.0 Å². The van der Waals surface area contributed by atoms with Crippen LogP contribution in [0.25, 0.3) is 6.08 Å². The van der Waals surface area contributed by atoms with Crippen molar-refractivity contribution in [3.05, 3.63) is 64.1 Å². The van der Waals surface area contributed by atoms with Crippen molar-refractivity contribution in [2.24, 2.45) is 0 Å². The smallest absolute Gasteiger partial charge is 0.254 e. The maximum Gasteiger partial charge on any atom is 0.254 e. The number of nitrogens with zero attached hydrogens (tertiary/aromatic N) is 2. The van der Waals surface area contributed by atoms with E-state index in [-0.39, 0.29) is 5.91 Å². The van der Waals surface area contributed by atoms with Gasteiger partial charge in [0.05, 0.1) is 18.2 Å². The van der Waals surface area contributed by atoms with Crippen LogP contribution in [0.15, 0.2) is 53.0 Å². The second kappa shape index (κ2) is 10.5. The number of methoxy groups -OCH3 is 1. The quantitative estimate of drug-likeness (QED) is 0.619. The highest BCUT2D eigenvalue weighted by Crippen LogP contribution is 2.37. The molecule has 3 rings (SSSR count). The predicted molar refractivity (Wildman–Crippen MR) is 120 cm³/mol. The Balaban J connectivity index is 1.57. The number of hydrogen-bond acceptors (Lipinski definition) is 4. The van der Waals surface area contributed by atoms with E-state index in [2.05, 4.69) is 45.1 Å². The number of rotatable bonds is 7. The van der Waals surface area contributed by atoms with Crippen LogP contribution in [0.3, 0.4) is 0 Å². The fourth-order valence-corrected chi connectivity index (χ4v) is 3.90. The lowest BCUT2D eigenvalue weighted by atomic mass is 10.1. The van der Waals surface area contributed by atoms with E-state index < -0.39 is 0 Å². The second-order valence-corrected chi connectivity index (χ2v) is 7.68. The molecule has 0 spiro atoms. The molecular weight excluding hydrogens is 432 g/mol. The molecule has 1 aliphatic heterocycles. The first-order valence-electron chi connectivity index (χ1n) is 9.86. The molecule has 1 saturated heterocycles. The van der Waals surface area contributed by atoms with Gasteiger partial charge in [-0.05, 0) is 40.5 Å². The SMILES string of the molecule is CCOc1c(Br)cc(C(=O)N2CCN(CC=Cc3ccccc3)CC2)cc1OC. The van der Waals surface area contributed by atoms with Gasteiger partial charge in [-0.25, -0.2) is 0 Å². The minimum atomic E-state index is 0.0199. The van der Waals surface area contributed by atoms with E-state index in [0.29, 0.717) is 36.8 Å². The van der Waals surface area contributed by atoms with Crippen LogP contribution in [0.4, 0.5) is 0 Å². The van der Waals surface area contributed by atoms with Gasteiger partial charge >= 0.3 is 0 Å². The van der Waals surface area contributed by atoms with E-state index in [0.717, 1.165) is 24.1 Å². The molecular formula is C23H27BrN2O3. The Kier molecular flexibility index (Phi) is 7.72. The summed E-state index contributed by atoms with van der Waals surface area (Å²) in [6.07, 6.45) is 4.32. The Morgan fingerprint density at radius 3 is 2.52 bits per heavy atom. The monoisotopic (exact) mass is 458 g/mol. The van der Waals surface area contributed by atoms with Crippen molar-refractivity contribution < 1.29 is 14.3 Å². The Labute approximate surface area is 181 Å². The van der Waals surface area contributed by atoms with Crippen molar-refractivity contribution in [3.63, 3.8) is 0 Å². The molecule has 1 heterocycles. The highest BCUT2D eigenvalue weighted by Gasteiger charge is 2.23. The normalized spacial score (nSPS) is 14.9. The zero-order chi connectivity index (χ0) is 20.6. The Morgan fingerprint density at radius 1 is 1.14 bits per heavy atom. The van der Waals surface area contributed by atoms with Gasteiger partial charge in [0.1, 0.15) is 0 Å². The van der Waals surface area contributed by atoms with Gasteiger partial charge in [-0.3, -0.25) is 9.69 Å². The number of carbonyl (C=O) groups excluding carboxylic acids is 1. The van der Waals surface area contributed by atoms with Gasteiger partial charge in [0.15, 0.2) is 11.5 Å². The molecule has 0 atom stereocenters. The van der Waals surface area contributed by atoms with Gasteiger partial charge in [-0.15, -0.1) is 0 Å². The summed E-state index contributed by atoms with van der Waals surface area (Å²) in [4.78, 5) is 17.2. The predicted octanol–water partition coefficient (Wildman–Crippen LogP) is 4.33. The Bertz CT molecular complexity index is 847. The van der Waals surface area contributed by atoms with E-state index >= 15 is 0 Å². The Hall–Kier alpha value is -2.31. The first-order chi connectivity index (χ1) is 14.1. The largest absolute Gasteiger partial charge is 0.493 e. The summed E-state index contributed by atoms with van der Waals surface area (Å²) in [7, 11) is 1.58. The molecule has 5 nitrogen and oxygen atoms in total. The molecule has 29 heavy (non-hydrogen) atoms. The van der Waals surface area contributed by atoms with Crippen LogP contribution in [0, 0.1) is 0 Å². The van der Waals surface area contributed by atoms with Crippen LogP contribution in [0.5, 0.6) is 11.5 Å². The van der Waals surface area contributed by atoms with Gasteiger partial charge in [-0.1, -0.05) is 42.5 Å².